The standard InChI is InChI=1S/C20H34N2O4/c23-19(25-16-7-3-1-4-8-16)15-18(22-13-11-21-12-14-22)20(24)26-17-9-5-2-6-10-17/h16-18,21H,1-15H2/t18-/m0/s1. The first kappa shape index (κ1) is 19.6. The predicted octanol–water partition coefficient (Wildman–Crippen LogP) is 2.40. The van der Waals surface area contributed by atoms with E-state index >= 15 is 0 Å². The van der Waals surface area contributed by atoms with Gasteiger partial charge in [0, 0.05) is 26.2 Å². The Kier molecular flexibility index (Phi) is 7.74. The molecule has 0 amide bonds. The number of carbonyl (C=O) groups is 2. The van der Waals surface area contributed by atoms with Crippen LogP contribution in [0, 0.1) is 0 Å². The molecular formula is C20H34N2O4. The molecule has 148 valence electrons. The zero-order chi connectivity index (χ0) is 18.2. The summed E-state index contributed by atoms with van der Waals surface area (Å²) in [5.41, 5.74) is 0. The second kappa shape index (κ2) is 10.3. The van der Waals surface area contributed by atoms with E-state index in [1.54, 1.807) is 0 Å². The van der Waals surface area contributed by atoms with Crippen LogP contribution in [0.15, 0.2) is 0 Å². The number of piperazine rings is 1. The molecule has 0 aromatic carbocycles. The van der Waals surface area contributed by atoms with Gasteiger partial charge in [-0.15, -0.1) is 0 Å². The molecule has 0 aromatic rings. The van der Waals surface area contributed by atoms with Crippen LogP contribution in [0.1, 0.15) is 70.6 Å². The minimum absolute atomic E-state index is 0.0241. The highest BCUT2D eigenvalue weighted by Gasteiger charge is 2.33. The van der Waals surface area contributed by atoms with Gasteiger partial charge >= 0.3 is 11.9 Å². The molecule has 1 N–H and O–H groups in total. The third-order valence-corrected chi connectivity index (χ3v) is 5.91. The second-order valence-corrected chi connectivity index (χ2v) is 7.95. The van der Waals surface area contributed by atoms with Crippen molar-refractivity contribution in [1.82, 2.24) is 10.2 Å². The Morgan fingerprint density at radius 1 is 0.846 bits per heavy atom. The highest BCUT2D eigenvalue weighted by molar-refractivity contribution is 5.83. The van der Waals surface area contributed by atoms with E-state index in [0.717, 1.165) is 77.5 Å². The first-order chi connectivity index (χ1) is 12.7. The van der Waals surface area contributed by atoms with E-state index in [1.165, 1.54) is 12.8 Å². The summed E-state index contributed by atoms with van der Waals surface area (Å²) in [6.45, 7) is 3.21. The Morgan fingerprint density at radius 3 is 1.96 bits per heavy atom. The molecule has 0 bridgehead atoms. The molecular weight excluding hydrogens is 332 g/mol. The minimum atomic E-state index is -0.505. The molecule has 1 aliphatic heterocycles. The summed E-state index contributed by atoms with van der Waals surface area (Å²) in [6.07, 6.45) is 10.9. The van der Waals surface area contributed by atoms with Crippen molar-refractivity contribution in [3.8, 4) is 0 Å². The fraction of sp³-hybridized carbons (Fsp3) is 0.900. The van der Waals surface area contributed by atoms with Crippen molar-refractivity contribution < 1.29 is 19.1 Å². The molecule has 0 unspecified atom stereocenters. The van der Waals surface area contributed by atoms with Gasteiger partial charge in [-0.2, -0.15) is 0 Å². The Morgan fingerprint density at radius 2 is 1.38 bits per heavy atom. The van der Waals surface area contributed by atoms with Crippen molar-refractivity contribution in [2.24, 2.45) is 0 Å². The van der Waals surface area contributed by atoms with Crippen LogP contribution in [-0.4, -0.2) is 61.3 Å². The maximum atomic E-state index is 12.8. The molecule has 6 nitrogen and oxygen atoms in total. The van der Waals surface area contributed by atoms with Crippen molar-refractivity contribution in [2.75, 3.05) is 26.2 Å². The number of rotatable bonds is 6. The Balaban J connectivity index is 1.56. The smallest absolute Gasteiger partial charge is 0.324 e. The maximum absolute atomic E-state index is 12.8. The summed E-state index contributed by atoms with van der Waals surface area (Å²) >= 11 is 0. The van der Waals surface area contributed by atoms with Crippen LogP contribution < -0.4 is 5.32 Å². The Hall–Kier alpha value is -1.14. The molecule has 26 heavy (non-hydrogen) atoms. The maximum Gasteiger partial charge on any atom is 0.324 e. The number of hydrogen-bond donors (Lipinski definition) is 1. The summed E-state index contributed by atoms with van der Waals surface area (Å²) in [6, 6.07) is -0.505. The number of nitrogens with zero attached hydrogens (tertiary/aromatic N) is 1. The number of hydrogen-bond acceptors (Lipinski definition) is 6. The zero-order valence-electron chi connectivity index (χ0n) is 15.9. The first-order valence-corrected chi connectivity index (χ1v) is 10.6. The average molecular weight is 367 g/mol. The molecule has 2 aliphatic carbocycles. The van der Waals surface area contributed by atoms with Crippen molar-refractivity contribution in [1.29, 1.82) is 0 Å². The summed E-state index contributed by atoms with van der Waals surface area (Å²) in [4.78, 5) is 27.4. The van der Waals surface area contributed by atoms with Crippen LogP contribution in [0.25, 0.3) is 0 Å². The van der Waals surface area contributed by atoms with Crippen molar-refractivity contribution in [2.45, 2.75) is 88.9 Å². The van der Waals surface area contributed by atoms with E-state index in [0.29, 0.717) is 0 Å². The molecule has 3 aliphatic rings. The molecule has 0 spiro atoms. The van der Waals surface area contributed by atoms with Crippen LogP contribution >= 0.6 is 0 Å². The van der Waals surface area contributed by atoms with E-state index in [4.69, 9.17) is 9.47 Å². The van der Waals surface area contributed by atoms with Gasteiger partial charge in [0.05, 0.1) is 6.42 Å². The lowest BCUT2D eigenvalue weighted by Crippen LogP contribution is -2.53. The number of carbonyl (C=O) groups excluding carboxylic acids is 2. The molecule has 1 heterocycles. The van der Waals surface area contributed by atoms with Gasteiger partial charge in [0.15, 0.2) is 0 Å². The molecule has 0 aromatic heterocycles. The Labute approximate surface area is 157 Å². The highest BCUT2D eigenvalue weighted by atomic mass is 16.6. The van der Waals surface area contributed by atoms with Gasteiger partial charge in [0.2, 0.25) is 0 Å². The van der Waals surface area contributed by atoms with Crippen LogP contribution in [-0.2, 0) is 19.1 Å². The molecule has 0 radical (unpaired) electrons. The number of ether oxygens (including phenoxy) is 2. The van der Waals surface area contributed by atoms with E-state index < -0.39 is 6.04 Å². The van der Waals surface area contributed by atoms with E-state index in [9.17, 15) is 9.59 Å². The topological polar surface area (TPSA) is 67.9 Å². The van der Waals surface area contributed by atoms with Crippen LogP contribution in [0.4, 0.5) is 0 Å². The second-order valence-electron chi connectivity index (χ2n) is 7.95. The third kappa shape index (κ3) is 5.95. The van der Waals surface area contributed by atoms with Gasteiger partial charge in [-0.3, -0.25) is 14.5 Å². The molecule has 2 saturated carbocycles. The van der Waals surface area contributed by atoms with Crippen molar-refractivity contribution in [3.63, 3.8) is 0 Å². The third-order valence-electron chi connectivity index (χ3n) is 5.91. The normalized spacial score (nSPS) is 24.8. The number of nitrogens with one attached hydrogen (secondary N) is 1. The van der Waals surface area contributed by atoms with Crippen LogP contribution in [0.2, 0.25) is 0 Å². The van der Waals surface area contributed by atoms with Gasteiger partial charge in [-0.25, -0.2) is 0 Å². The monoisotopic (exact) mass is 366 g/mol. The Bertz CT molecular complexity index is 453. The lowest BCUT2D eigenvalue weighted by atomic mass is 9.97. The van der Waals surface area contributed by atoms with Gasteiger partial charge in [0.1, 0.15) is 18.2 Å². The summed E-state index contributed by atoms with van der Waals surface area (Å²) < 4.78 is 11.5. The van der Waals surface area contributed by atoms with E-state index in [1.807, 2.05) is 0 Å². The SMILES string of the molecule is O=C(C[C@@H](C(=O)OC1CCCCC1)N1CCNCC1)OC1CCCCC1. The van der Waals surface area contributed by atoms with Crippen molar-refractivity contribution >= 4 is 11.9 Å². The molecule has 3 fully saturated rings. The highest BCUT2D eigenvalue weighted by Crippen LogP contribution is 2.23. The van der Waals surface area contributed by atoms with Gasteiger partial charge < -0.3 is 14.8 Å². The zero-order valence-corrected chi connectivity index (χ0v) is 15.9. The largest absolute Gasteiger partial charge is 0.462 e. The fourth-order valence-electron chi connectivity index (χ4n) is 4.36. The molecule has 1 atom stereocenters. The lowest BCUT2D eigenvalue weighted by molar-refractivity contribution is -0.164. The van der Waals surface area contributed by atoms with Crippen LogP contribution in [0.5, 0.6) is 0 Å². The molecule has 1 saturated heterocycles. The fourth-order valence-corrected chi connectivity index (χ4v) is 4.36. The van der Waals surface area contributed by atoms with Gasteiger partial charge in [-0.05, 0) is 51.4 Å². The molecule has 6 heteroatoms. The summed E-state index contributed by atoms with van der Waals surface area (Å²) in [5.74, 6) is -0.486. The quantitative estimate of drug-likeness (QED) is 0.728. The minimum Gasteiger partial charge on any atom is -0.462 e. The summed E-state index contributed by atoms with van der Waals surface area (Å²) in [5, 5.41) is 3.30. The van der Waals surface area contributed by atoms with Gasteiger partial charge in [0.25, 0.3) is 0 Å². The summed E-state index contributed by atoms with van der Waals surface area (Å²) in [7, 11) is 0. The van der Waals surface area contributed by atoms with Crippen molar-refractivity contribution in [3.05, 3.63) is 0 Å². The predicted molar refractivity (Wildman–Crippen MR) is 98.8 cm³/mol. The lowest BCUT2D eigenvalue weighted by Gasteiger charge is -2.34. The first-order valence-electron chi connectivity index (χ1n) is 10.6. The van der Waals surface area contributed by atoms with E-state index in [-0.39, 0.29) is 30.6 Å². The molecule has 3 rings (SSSR count). The van der Waals surface area contributed by atoms with Crippen LogP contribution in [0.3, 0.4) is 0 Å². The number of esters is 2. The average Bonchev–Trinajstić information content (AvgIpc) is 2.68. The van der Waals surface area contributed by atoms with Gasteiger partial charge in [-0.1, -0.05) is 12.8 Å². The van der Waals surface area contributed by atoms with E-state index in [2.05, 4.69) is 10.2 Å².